The van der Waals surface area contributed by atoms with Gasteiger partial charge < -0.3 is 10.6 Å². The number of carbonyl (C=O) groups is 1. The van der Waals surface area contributed by atoms with Crippen LogP contribution in [0, 0.1) is 0 Å². The number of nitrogen functional groups attached to an aromatic ring is 1. The molecule has 1 amide bonds. The quantitative estimate of drug-likeness (QED) is 0.929. The zero-order valence-electron chi connectivity index (χ0n) is 12.3. The summed E-state index contributed by atoms with van der Waals surface area (Å²) in [5.41, 5.74) is 7.20. The number of carbonyl (C=O) groups excluding carboxylic acids is 1. The van der Waals surface area contributed by atoms with Crippen molar-refractivity contribution in [1.29, 1.82) is 0 Å². The number of fused-ring (bicyclic) bond motifs is 1. The van der Waals surface area contributed by atoms with E-state index in [1.807, 2.05) is 31.3 Å². The van der Waals surface area contributed by atoms with Crippen LogP contribution in [0.15, 0.2) is 30.3 Å². The standard InChI is InChI=1S/C16H21N3O/c1-4-7-11(2)19(3)16(20)13-10-15(17)18-14-9-6-5-8-12(13)14/h5-6,8-11H,4,7H2,1-3H3,(H2,17,18). The Bertz CT molecular complexity index is 624. The Morgan fingerprint density at radius 3 is 2.80 bits per heavy atom. The second kappa shape index (κ2) is 5.90. The minimum Gasteiger partial charge on any atom is -0.384 e. The van der Waals surface area contributed by atoms with Crippen molar-refractivity contribution < 1.29 is 4.79 Å². The third kappa shape index (κ3) is 2.74. The van der Waals surface area contributed by atoms with Gasteiger partial charge in [0.15, 0.2) is 0 Å². The zero-order chi connectivity index (χ0) is 14.7. The van der Waals surface area contributed by atoms with Crippen LogP contribution in [-0.4, -0.2) is 28.9 Å². The summed E-state index contributed by atoms with van der Waals surface area (Å²) < 4.78 is 0. The molecule has 0 aliphatic carbocycles. The molecule has 0 radical (unpaired) electrons. The van der Waals surface area contributed by atoms with E-state index in [0.29, 0.717) is 11.4 Å². The molecule has 0 saturated carbocycles. The summed E-state index contributed by atoms with van der Waals surface area (Å²) in [7, 11) is 1.84. The molecule has 4 nitrogen and oxygen atoms in total. The van der Waals surface area contributed by atoms with E-state index in [4.69, 9.17) is 5.73 Å². The van der Waals surface area contributed by atoms with Crippen LogP contribution in [0.25, 0.3) is 10.9 Å². The van der Waals surface area contributed by atoms with Gasteiger partial charge in [-0.25, -0.2) is 4.98 Å². The van der Waals surface area contributed by atoms with Crippen LogP contribution >= 0.6 is 0 Å². The average Bonchev–Trinajstić information content (AvgIpc) is 2.45. The van der Waals surface area contributed by atoms with Crippen LogP contribution in [0.3, 0.4) is 0 Å². The number of anilines is 1. The van der Waals surface area contributed by atoms with E-state index in [0.717, 1.165) is 23.7 Å². The number of hydrogen-bond donors (Lipinski definition) is 1. The smallest absolute Gasteiger partial charge is 0.254 e. The number of pyridine rings is 1. The van der Waals surface area contributed by atoms with Crippen molar-refractivity contribution in [3.8, 4) is 0 Å². The van der Waals surface area contributed by atoms with Crippen molar-refractivity contribution in [2.75, 3.05) is 12.8 Å². The molecule has 0 fully saturated rings. The number of nitrogens with two attached hydrogens (primary N) is 1. The lowest BCUT2D eigenvalue weighted by Gasteiger charge is -2.25. The van der Waals surface area contributed by atoms with Crippen LogP contribution in [-0.2, 0) is 0 Å². The molecule has 4 heteroatoms. The van der Waals surface area contributed by atoms with Gasteiger partial charge in [-0.05, 0) is 25.5 Å². The lowest BCUT2D eigenvalue weighted by molar-refractivity contribution is 0.0738. The van der Waals surface area contributed by atoms with Crippen molar-refractivity contribution in [1.82, 2.24) is 9.88 Å². The average molecular weight is 271 g/mol. The van der Waals surface area contributed by atoms with Crippen molar-refractivity contribution in [3.05, 3.63) is 35.9 Å². The van der Waals surface area contributed by atoms with Crippen LogP contribution in [0.2, 0.25) is 0 Å². The Labute approximate surface area is 119 Å². The van der Waals surface area contributed by atoms with E-state index in [2.05, 4.69) is 18.8 Å². The van der Waals surface area contributed by atoms with E-state index in [-0.39, 0.29) is 11.9 Å². The van der Waals surface area contributed by atoms with Gasteiger partial charge in [-0.2, -0.15) is 0 Å². The maximum absolute atomic E-state index is 12.7. The number of amides is 1. The number of rotatable bonds is 4. The molecule has 0 bridgehead atoms. The molecule has 0 spiro atoms. The molecule has 1 heterocycles. The lowest BCUT2D eigenvalue weighted by atomic mass is 10.1. The summed E-state index contributed by atoms with van der Waals surface area (Å²) >= 11 is 0. The van der Waals surface area contributed by atoms with Gasteiger partial charge >= 0.3 is 0 Å². The molecule has 2 N–H and O–H groups in total. The Kier molecular flexibility index (Phi) is 4.23. The first-order valence-electron chi connectivity index (χ1n) is 6.97. The van der Waals surface area contributed by atoms with Crippen LogP contribution in [0.1, 0.15) is 37.0 Å². The van der Waals surface area contributed by atoms with Crippen molar-refractivity contribution >= 4 is 22.6 Å². The Hall–Kier alpha value is -2.10. The minimum atomic E-state index is -0.00347. The molecule has 20 heavy (non-hydrogen) atoms. The van der Waals surface area contributed by atoms with Gasteiger partial charge in [-0.1, -0.05) is 31.5 Å². The summed E-state index contributed by atoms with van der Waals surface area (Å²) in [5.74, 6) is 0.375. The molecular weight excluding hydrogens is 250 g/mol. The largest absolute Gasteiger partial charge is 0.384 e. The summed E-state index contributed by atoms with van der Waals surface area (Å²) in [6.07, 6.45) is 2.04. The molecular formula is C16H21N3O. The number of hydrogen-bond acceptors (Lipinski definition) is 3. The second-order valence-corrected chi connectivity index (χ2v) is 5.17. The maximum atomic E-state index is 12.7. The Morgan fingerprint density at radius 2 is 2.10 bits per heavy atom. The van der Waals surface area contributed by atoms with Gasteiger partial charge in [0.25, 0.3) is 5.91 Å². The fourth-order valence-corrected chi connectivity index (χ4v) is 2.37. The predicted octanol–water partition coefficient (Wildman–Crippen LogP) is 3.08. The summed E-state index contributed by atoms with van der Waals surface area (Å²) in [6.45, 7) is 4.18. The van der Waals surface area contributed by atoms with E-state index >= 15 is 0 Å². The van der Waals surface area contributed by atoms with Gasteiger partial charge in [-0.3, -0.25) is 4.79 Å². The summed E-state index contributed by atoms with van der Waals surface area (Å²) in [6, 6.07) is 9.46. The number of nitrogens with zero attached hydrogens (tertiary/aromatic N) is 2. The van der Waals surface area contributed by atoms with Crippen molar-refractivity contribution in [2.45, 2.75) is 32.7 Å². The molecule has 2 rings (SSSR count). The van der Waals surface area contributed by atoms with Gasteiger partial charge in [0, 0.05) is 18.5 Å². The van der Waals surface area contributed by atoms with Gasteiger partial charge in [0.1, 0.15) is 5.82 Å². The lowest BCUT2D eigenvalue weighted by Crippen LogP contribution is -2.35. The number of benzene rings is 1. The predicted molar refractivity (Wildman–Crippen MR) is 82.6 cm³/mol. The fraction of sp³-hybridized carbons (Fsp3) is 0.375. The summed E-state index contributed by atoms with van der Waals surface area (Å²) in [4.78, 5) is 18.7. The van der Waals surface area contributed by atoms with Crippen LogP contribution in [0.5, 0.6) is 0 Å². The molecule has 1 aromatic heterocycles. The molecule has 106 valence electrons. The van der Waals surface area contributed by atoms with E-state index < -0.39 is 0 Å². The molecule has 2 aromatic rings. The molecule has 0 aliphatic rings. The van der Waals surface area contributed by atoms with Crippen LogP contribution in [0.4, 0.5) is 5.82 Å². The maximum Gasteiger partial charge on any atom is 0.254 e. The highest BCUT2D eigenvalue weighted by Crippen LogP contribution is 2.21. The molecule has 1 aromatic carbocycles. The van der Waals surface area contributed by atoms with E-state index in [1.54, 1.807) is 11.0 Å². The monoisotopic (exact) mass is 271 g/mol. The number of aromatic nitrogens is 1. The minimum absolute atomic E-state index is 0.00347. The highest BCUT2D eigenvalue weighted by atomic mass is 16.2. The Balaban J connectivity index is 2.44. The van der Waals surface area contributed by atoms with Gasteiger partial charge in [0.05, 0.1) is 11.1 Å². The second-order valence-electron chi connectivity index (χ2n) is 5.17. The van der Waals surface area contributed by atoms with E-state index in [9.17, 15) is 4.79 Å². The van der Waals surface area contributed by atoms with Gasteiger partial charge in [0.2, 0.25) is 0 Å². The molecule has 0 saturated heterocycles. The topological polar surface area (TPSA) is 59.2 Å². The first-order chi connectivity index (χ1) is 9.54. The number of para-hydroxylation sites is 1. The first kappa shape index (κ1) is 14.3. The molecule has 1 atom stereocenters. The third-order valence-corrected chi connectivity index (χ3v) is 3.65. The van der Waals surface area contributed by atoms with E-state index in [1.165, 1.54) is 0 Å². The fourth-order valence-electron chi connectivity index (χ4n) is 2.37. The zero-order valence-corrected chi connectivity index (χ0v) is 12.3. The van der Waals surface area contributed by atoms with Crippen molar-refractivity contribution in [3.63, 3.8) is 0 Å². The molecule has 0 aliphatic heterocycles. The van der Waals surface area contributed by atoms with Crippen LogP contribution < -0.4 is 5.73 Å². The summed E-state index contributed by atoms with van der Waals surface area (Å²) in [5, 5.41) is 0.849. The SMILES string of the molecule is CCCC(C)N(C)C(=O)c1cc(N)nc2ccccc12. The Morgan fingerprint density at radius 1 is 1.40 bits per heavy atom. The first-order valence-corrected chi connectivity index (χ1v) is 6.97. The highest BCUT2D eigenvalue weighted by Gasteiger charge is 2.19. The highest BCUT2D eigenvalue weighted by molar-refractivity contribution is 6.06. The van der Waals surface area contributed by atoms with Gasteiger partial charge in [-0.15, -0.1) is 0 Å². The van der Waals surface area contributed by atoms with Crippen molar-refractivity contribution in [2.24, 2.45) is 0 Å². The molecule has 1 unspecified atom stereocenters. The third-order valence-electron chi connectivity index (χ3n) is 3.65. The normalized spacial score (nSPS) is 12.3.